The highest BCUT2D eigenvalue weighted by Gasteiger charge is 2.34. The monoisotopic (exact) mass is 405 g/mol. The van der Waals surface area contributed by atoms with E-state index in [1.165, 1.54) is 26.5 Å². The van der Waals surface area contributed by atoms with Gasteiger partial charge in [0.25, 0.3) is 0 Å². The molecule has 2 aromatic carbocycles. The second kappa shape index (κ2) is 9.07. The highest BCUT2D eigenvalue weighted by atomic mass is 28.4. The number of nitro benzene ring substituents is 1. The number of hydrogen-bond donors (Lipinski definition) is 0. The molecular weight excluding hydrogens is 378 g/mol. The van der Waals surface area contributed by atoms with Crippen molar-refractivity contribution in [3.8, 4) is 17.2 Å². The molecule has 0 amide bonds. The SMILES string of the molecule is CC[Si](C)(OCc1cc(OC)c(OC)c(OC)c1[N+](=O)[O-])c1ccccc1C. The molecule has 8 heteroatoms. The first-order chi connectivity index (χ1) is 13.3. The Labute approximate surface area is 166 Å². The quantitative estimate of drug-likeness (QED) is 0.357. The van der Waals surface area contributed by atoms with Gasteiger partial charge in [0.2, 0.25) is 19.8 Å². The first-order valence-electron chi connectivity index (χ1n) is 8.99. The highest BCUT2D eigenvalue weighted by molar-refractivity contribution is 6.85. The van der Waals surface area contributed by atoms with Gasteiger partial charge in [-0.2, -0.15) is 0 Å². The smallest absolute Gasteiger partial charge is 0.320 e. The molecule has 1 unspecified atom stereocenters. The minimum Gasteiger partial charge on any atom is -0.493 e. The molecule has 7 nitrogen and oxygen atoms in total. The van der Waals surface area contributed by atoms with E-state index in [1.54, 1.807) is 6.07 Å². The lowest BCUT2D eigenvalue weighted by molar-refractivity contribution is -0.386. The maximum atomic E-state index is 11.8. The first-order valence-corrected chi connectivity index (χ1v) is 11.6. The summed E-state index contributed by atoms with van der Waals surface area (Å²) < 4.78 is 22.3. The summed E-state index contributed by atoms with van der Waals surface area (Å²) in [5, 5.41) is 13.0. The molecule has 0 aliphatic rings. The number of aryl methyl sites for hydroxylation is 1. The van der Waals surface area contributed by atoms with Gasteiger partial charge in [0.1, 0.15) is 0 Å². The van der Waals surface area contributed by atoms with E-state index in [4.69, 9.17) is 18.6 Å². The number of nitro groups is 1. The summed E-state index contributed by atoms with van der Waals surface area (Å²) in [6, 6.07) is 10.6. The molecule has 0 aliphatic carbocycles. The second-order valence-corrected chi connectivity index (χ2v) is 10.6. The molecule has 0 radical (unpaired) electrons. The van der Waals surface area contributed by atoms with E-state index in [1.807, 2.05) is 12.1 Å². The number of benzene rings is 2. The molecule has 2 rings (SSSR count). The van der Waals surface area contributed by atoms with Crippen molar-refractivity contribution in [2.24, 2.45) is 0 Å². The third-order valence-corrected chi connectivity index (χ3v) is 8.83. The van der Waals surface area contributed by atoms with Crippen molar-refractivity contribution in [2.75, 3.05) is 21.3 Å². The molecule has 0 saturated carbocycles. The summed E-state index contributed by atoms with van der Waals surface area (Å²) in [6.45, 7) is 6.35. The molecule has 28 heavy (non-hydrogen) atoms. The number of methoxy groups -OCH3 is 3. The molecule has 0 aliphatic heterocycles. The fourth-order valence-corrected chi connectivity index (χ4v) is 5.86. The van der Waals surface area contributed by atoms with Crippen LogP contribution in [-0.4, -0.2) is 34.6 Å². The summed E-state index contributed by atoms with van der Waals surface area (Å²) in [5.74, 6) is 0.579. The molecule has 0 heterocycles. The van der Waals surface area contributed by atoms with Crippen LogP contribution >= 0.6 is 0 Å². The zero-order valence-corrected chi connectivity index (χ0v) is 18.2. The summed E-state index contributed by atoms with van der Waals surface area (Å²) in [7, 11) is 1.97. The van der Waals surface area contributed by atoms with Crippen LogP contribution in [-0.2, 0) is 11.0 Å². The van der Waals surface area contributed by atoms with Crippen molar-refractivity contribution in [3.63, 3.8) is 0 Å². The largest absolute Gasteiger partial charge is 0.493 e. The number of rotatable bonds is 9. The molecule has 0 N–H and O–H groups in total. The average molecular weight is 406 g/mol. The van der Waals surface area contributed by atoms with Gasteiger partial charge in [-0.15, -0.1) is 0 Å². The van der Waals surface area contributed by atoms with Crippen molar-refractivity contribution < 1.29 is 23.6 Å². The van der Waals surface area contributed by atoms with E-state index in [0.717, 1.165) is 11.6 Å². The van der Waals surface area contributed by atoms with Crippen LogP contribution in [0, 0.1) is 17.0 Å². The lowest BCUT2D eigenvalue weighted by Crippen LogP contribution is -2.48. The Hall–Kier alpha value is -2.58. The minimum atomic E-state index is -2.30. The molecule has 1 atom stereocenters. The second-order valence-electron chi connectivity index (χ2n) is 6.60. The third-order valence-electron chi connectivity index (χ3n) is 5.00. The average Bonchev–Trinajstić information content (AvgIpc) is 2.70. The van der Waals surface area contributed by atoms with Crippen molar-refractivity contribution in [2.45, 2.75) is 33.0 Å². The van der Waals surface area contributed by atoms with Gasteiger partial charge >= 0.3 is 5.69 Å². The Morgan fingerprint density at radius 1 is 1.07 bits per heavy atom. The maximum absolute atomic E-state index is 11.8. The predicted molar refractivity (Wildman–Crippen MR) is 110 cm³/mol. The van der Waals surface area contributed by atoms with Crippen LogP contribution in [0.3, 0.4) is 0 Å². The Bertz CT molecular complexity index is 857. The topological polar surface area (TPSA) is 80.1 Å². The zero-order valence-electron chi connectivity index (χ0n) is 17.2. The van der Waals surface area contributed by atoms with Gasteiger partial charge in [-0.05, 0) is 36.3 Å². The normalized spacial score (nSPS) is 12.9. The van der Waals surface area contributed by atoms with E-state index in [2.05, 4.69) is 32.5 Å². The lowest BCUT2D eigenvalue weighted by Gasteiger charge is -2.28. The Kier molecular flexibility index (Phi) is 7.04. The van der Waals surface area contributed by atoms with Gasteiger partial charge in [0.05, 0.1) is 38.4 Å². The van der Waals surface area contributed by atoms with E-state index in [9.17, 15) is 10.1 Å². The number of nitrogens with zero attached hydrogens (tertiary/aromatic N) is 1. The minimum absolute atomic E-state index is 0.0289. The van der Waals surface area contributed by atoms with Crippen molar-refractivity contribution >= 4 is 19.2 Å². The molecule has 0 fully saturated rings. The van der Waals surface area contributed by atoms with E-state index < -0.39 is 13.2 Å². The van der Waals surface area contributed by atoms with Crippen LogP contribution in [0.2, 0.25) is 12.6 Å². The van der Waals surface area contributed by atoms with Crippen LogP contribution in [0.1, 0.15) is 18.1 Å². The van der Waals surface area contributed by atoms with Crippen LogP contribution in [0.5, 0.6) is 17.2 Å². The van der Waals surface area contributed by atoms with Gasteiger partial charge in [-0.1, -0.05) is 31.2 Å². The standard InChI is InChI=1S/C20H27NO6Si/c1-7-28(6,17-11-9-8-10-14(17)2)27-13-15-12-16(24-3)19(25-4)20(26-5)18(15)21(22)23/h8-12H,7,13H2,1-6H3. The third kappa shape index (κ3) is 4.12. The molecule has 152 valence electrons. The van der Waals surface area contributed by atoms with Gasteiger partial charge in [-0.3, -0.25) is 10.1 Å². The van der Waals surface area contributed by atoms with Crippen LogP contribution in [0.25, 0.3) is 0 Å². The fraction of sp³-hybridized carbons (Fsp3) is 0.400. The van der Waals surface area contributed by atoms with Crippen LogP contribution in [0.4, 0.5) is 5.69 Å². The summed E-state index contributed by atoms with van der Waals surface area (Å²) in [6.07, 6.45) is 0. The van der Waals surface area contributed by atoms with Crippen LogP contribution < -0.4 is 19.4 Å². The number of ether oxygens (including phenoxy) is 3. The fourth-order valence-electron chi connectivity index (χ4n) is 3.28. The highest BCUT2D eigenvalue weighted by Crippen LogP contribution is 2.46. The summed E-state index contributed by atoms with van der Waals surface area (Å²) in [4.78, 5) is 11.3. The van der Waals surface area contributed by atoms with Crippen molar-refractivity contribution in [1.82, 2.24) is 0 Å². The first kappa shape index (κ1) is 21.7. The molecular formula is C20H27NO6Si. The summed E-state index contributed by atoms with van der Waals surface area (Å²) >= 11 is 0. The van der Waals surface area contributed by atoms with Crippen LogP contribution in [0.15, 0.2) is 30.3 Å². The van der Waals surface area contributed by atoms with Crippen molar-refractivity contribution in [1.29, 1.82) is 0 Å². The number of hydrogen-bond acceptors (Lipinski definition) is 6. The molecule has 0 spiro atoms. The molecule has 2 aromatic rings. The summed E-state index contributed by atoms with van der Waals surface area (Å²) in [5.41, 5.74) is 1.38. The predicted octanol–water partition coefficient (Wildman–Crippen LogP) is 3.95. The van der Waals surface area contributed by atoms with Gasteiger partial charge in [0.15, 0.2) is 5.75 Å². The molecule has 0 aromatic heterocycles. The van der Waals surface area contributed by atoms with E-state index in [0.29, 0.717) is 11.3 Å². The van der Waals surface area contributed by atoms with Crippen molar-refractivity contribution in [3.05, 3.63) is 51.6 Å². The van der Waals surface area contributed by atoms with Gasteiger partial charge in [0, 0.05) is 0 Å². The maximum Gasteiger partial charge on any atom is 0.320 e. The zero-order chi connectivity index (χ0) is 20.9. The molecule has 0 saturated heterocycles. The van der Waals surface area contributed by atoms with E-state index in [-0.39, 0.29) is 23.8 Å². The van der Waals surface area contributed by atoms with Gasteiger partial charge in [-0.25, -0.2) is 0 Å². The molecule has 0 bridgehead atoms. The Balaban J connectivity index is 2.50. The Morgan fingerprint density at radius 3 is 2.21 bits per heavy atom. The van der Waals surface area contributed by atoms with Gasteiger partial charge < -0.3 is 18.6 Å². The Morgan fingerprint density at radius 2 is 1.71 bits per heavy atom. The lowest BCUT2D eigenvalue weighted by atomic mass is 10.1. The van der Waals surface area contributed by atoms with E-state index >= 15 is 0 Å².